The molecule has 0 heteroatoms. The van der Waals surface area contributed by atoms with E-state index in [0.29, 0.717) is 0 Å². The summed E-state index contributed by atoms with van der Waals surface area (Å²) in [5, 5.41) is 0. The van der Waals surface area contributed by atoms with E-state index in [1.165, 1.54) is 107 Å². The Morgan fingerprint density at radius 3 is 1.93 bits per heavy atom. The number of fused-ring (bicyclic) bond motifs is 3. The van der Waals surface area contributed by atoms with E-state index in [1.807, 2.05) is 0 Å². The van der Waals surface area contributed by atoms with Gasteiger partial charge in [0.15, 0.2) is 0 Å². The lowest BCUT2D eigenvalue weighted by molar-refractivity contribution is 0.360. The molecule has 158 valence electrons. The summed E-state index contributed by atoms with van der Waals surface area (Å²) in [6.45, 7) is 4.61. The summed E-state index contributed by atoms with van der Waals surface area (Å²) in [4.78, 5) is 0. The number of rotatable bonds is 14. The summed E-state index contributed by atoms with van der Waals surface area (Å²) in [5.41, 5.74) is 6.25. The second-order valence-electron chi connectivity index (χ2n) is 9.28. The van der Waals surface area contributed by atoms with Crippen molar-refractivity contribution in [3.8, 4) is 0 Å². The van der Waals surface area contributed by atoms with Gasteiger partial charge in [-0.2, -0.15) is 0 Å². The van der Waals surface area contributed by atoms with Crippen LogP contribution in [0.5, 0.6) is 0 Å². The zero-order valence-electron chi connectivity index (χ0n) is 19.0. The van der Waals surface area contributed by atoms with Crippen LogP contribution in [0.1, 0.15) is 115 Å². The summed E-state index contributed by atoms with van der Waals surface area (Å²) < 4.78 is 0. The van der Waals surface area contributed by atoms with E-state index in [2.05, 4.69) is 62.4 Å². The highest BCUT2D eigenvalue weighted by Gasteiger charge is 2.37. The molecular weight excluding hydrogens is 348 g/mol. The maximum atomic E-state index is 2.56. The summed E-state index contributed by atoms with van der Waals surface area (Å²) >= 11 is 0. The largest absolute Gasteiger partial charge is 0.0739 e. The minimum absolute atomic E-state index is 0.263. The molecule has 0 spiro atoms. The molecule has 1 aromatic carbocycles. The Bertz CT molecular complexity index is 699. The topological polar surface area (TPSA) is 0 Å². The minimum atomic E-state index is 0.263. The van der Waals surface area contributed by atoms with Gasteiger partial charge in [0.2, 0.25) is 0 Å². The van der Waals surface area contributed by atoms with E-state index in [-0.39, 0.29) is 5.41 Å². The first-order valence-corrected chi connectivity index (χ1v) is 12.5. The summed E-state index contributed by atoms with van der Waals surface area (Å²) in [5.74, 6) is 0. The van der Waals surface area contributed by atoms with Gasteiger partial charge in [-0.1, -0.05) is 133 Å². The monoisotopic (exact) mass is 390 g/mol. The smallest absolute Gasteiger partial charge is 0.0141 e. The normalized spacial score (nSPS) is 16.3. The zero-order chi connectivity index (χ0) is 20.4. The van der Waals surface area contributed by atoms with E-state index in [4.69, 9.17) is 0 Å². The van der Waals surface area contributed by atoms with Gasteiger partial charge in [-0.15, -0.1) is 0 Å². The van der Waals surface area contributed by atoms with Crippen LogP contribution in [-0.4, -0.2) is 0 Å². The van der Waals surface area contributed by atoms with Gasteiger partial charge in [-0.25, -0.2) is 0 Å². The van der Waals surface area contributed by atoms with Crippen molar-refractivity contribution in [1.29, 1.82) is 0 Å². The van der Waals surface area contributed by atoms with E-state index in [1.54, 1.807) is 5.57 Å². The molecule has 3 rings (SSSR count). The lowest BCUT2D eigenvalue weighted by Crippen LogP contribution is -2.23. The first-order valence-electron chi connectivity index (χ1n) is 12.5. The molecule has 0 amide bonds. The third-order valence-corrected chi connectivity index (χ3v) is 7.01. The molecule has 0 N–H and O–H groups in total. The molecule has 0 atom stereocenters. The zero-order valence-corrected chi connectivity index (χ0v) is 19.0. The highest BCUT2D eigenvalue weighted by Crippen LogP contribution is 2.52. The van der Waals surface area contributed by atoms with Gasteiger partial charge >= 0.3 is 0 Å². The van der Waals surface area contributed by atoms with Crippen molar-refractivity contribution in [2.75, 3.05) is 0 Å². The van der Waals surface area contributed by atoms with Crippen molar-refractivity contribution in [1.82, 2.24) is 0 Å². The van der Waals surface area contributed by atoms with Crippen LogP contribution in [0.15, 0.2) is 48.1 Å². The van der Waals surface area contributed by atoms with Gasteiger partial charge in [0.1, 0.15) is 0 Å². The summed E-state index contributed by atoms with van der Waals surface area (Å²) in [6.07, 6.45) is 29.1. The van der Waals surface area contributed by atoms with Crippen LogP contribution >= 0.6 is 0 Å². The average molecular weight is 391 g/mol. The third kappa shape index (κ3) is 5.74. The average Bonchev–Trinajstić information content (AvgIpc) is 3.13. The SMILES string of the molecule is CCCCCCCCC1(CCCCCCCC)C=CC=C2C1=Cc1ccccc12. The Morgan fingerprint density at radius 2 is 1.28 bits per heavy atom. The molecule has 0 radical (unpaired) electrons. The van der Waals surface area contributed by atoms with Gasteiger partial charge in [0.05, 0.1) is 0 Å². The molecule has 2 aliphatic rings. The third-order valence-electron chi connectivity index (χ3n) is 7.01. The maximum Gasteiger partial charge on any atom is 0.0141 e. The maximum absolute atomic E-state index is 2.56. The molecule has 0 heterocycles. The van der Waals surface area contributed by atoms with Crippen LogP contribution in [0.3, 0.4) is 0 Å². The minimum Gasteiger partial charge on any atom is -0.0739 e. The van der Waals surface area contributed by atoms with Crippen molar-refractivity contribution in [3.63, 3.8) is 0 Å². The van der Waals surface area contributed by atoms with E-state index >= 15 is 0 Å². The molecule has 0 aromatic heterocycles. The Kier molecular flexibility index (Phi) is 8.84. The van der Waals surface area contributed by atoms with E-state index < -0.39 is 0 Å². The van der Waals surface area contributed by atoms with Crippen LogP contribution in [0.25, 0.3) is 11.6 Å². The van der Waals surface area contributed by atoms with Crippen LogP contribution < -0.4 is 0 Å². The quantitative estimate of drug-likeness (QED) is 0.277. The Morgan fingerprint density at radius 1 is 0.690 bits per heavy atom. The predicted molar refractivity (Wildman–Crippen MR) is 130 cm³/mol. The molecule has 1 aromatic rings. The number of allylic oxidation sites excluding steroid dienone is 5. The van der Waals surface area contributed by atoms with Crippen molar-refractivity contribution in [2.45, 2.75) is 104 Å². The van der Waals surface area contributed by atoms with Crippen molar-refractivity contribution >= 4 is 11.6 Å². The molecule has 0 fully saturated rings. The van der Waals surface area contributed by atoms with Crippen molar-refractivity contribution in [2.24, 2.45) is 5.41 Å². The number of hydrogen-bond donors (Lipinski definition) is 0. The van der Waals surface area contributed by atoms with Crippen LogP contribution in [-0.2, 0) is 0 Å². The van der Waals surface area contributed by atoms with Crippen LogP contribution in [0, 0.1) is 5.41 Å². The first kappa shape index (κ1) is 22.1. The lowest BCUT2D eigenvalue weighted by Gasteiger charge is -2.36. The molecule has 0 nitrogen and oxygen atoms in total. The van der Waals surface area contributed by atoms with Gasteiger partial charge in [-0.05, 0) is 41.2 Å². The number of hydrogen-bond acceptors (Lipinski definition) is 0. The number of unbranched alkanes of at least 4 members (excludes halogenated alkanes) is 10. The molecule has 0 saturated heterocycles. The summed E-state index contributed by atoms with van der Waals surface area (Å²) in [6, 6.07) is 8.98. The van der Waals surface area contributed by atoms with Crippen molar-refractivity contribution < 1.29 is 0 Å². The molecule has 2 aliphatic carbocycles. The Labute approximate surface area is 180 Å². The van der Waals surface area contributed by atoms with Crippen LogP contribution in [0.4, 0.5) is 0 Å². The molecular formula is C29H42. The highest BCUT2D eigenvalue weighted by molar-refractivity contribution is 5.97. The predicted octanol–water partition coefficient (Wildman–Crippen LogP) is 9.52. The van der Waals surface area contributed by atoms with Gasteiger partial charge in [0.25, 0.3) is 0 Å². The fourth-order valence-corrected chi connectivity index (χ4v) is 5.26. The second kappa shape index (κ2) is 11.6. The molecule has 0 unspecified atom stereocenters. The summed E-state index contributed by atoms with van der Waals surface area (Å²) in [7, 11) is 0. The lowest BCUT2D eigenvalue weighted by atomic mass is 9.68. The fourth-order valence-electron chi connectivity index (χ4n) is 5.26. The van der Waals surface area contributed by atoms with Crippen molar-refractivity contribution in [3.05, 3.63) is 59.2 Å². The molecule has 0 bridgehead atoms. The molecule has 0 saturated carbocycles. The van der Waals surface area contributed by atoms with E-state index in [9.17, 15) is 0 Å². The Balaban J connectivity index is 1.66. The number of benzene rings is 1. The van der Waals surface area contributed by atoms with Crippen LogP contribution in [0.2, 0.25) is 0 Å². The Hall–Kier alpha value is -1.56. The second-order valence-corrected chi connectivity index (χ2v) is 9.28. The van der Waals surface area contributed by atoms with Gasteiger partial charge in [-0.3, -0.25) is 0 Å². The highest BCUT2D eigenvalue weighted by atomic mass is 14.4. The fraction of sp³-hybridized carbons (Fsp3) is 0.586. The molecule has 29 heavy (non-hydrogen) atoms. The van der Waals surface area contributed by atoms with E-state index in [0.717, 1.165) is 0 Å². The first-order chi connectivity index (χ1) is 14.3. The van der Waals surface area contributed by atoms with Gasteiger partial charge in [0, 0.05) is 5.41 Å². The standard InChI is InChI=1S/C29H42/c1-3-5-7-9-11-15-21-29(22-16-12-10-8-6-4-2)23-17-20-27-26-19-14-13-18-25(26)24-28(27)29/h13-14,17-20,23-24H,3-12,15-16,21-22H2,1-2H3. The van der Waals surface area contributed by atoms with Gasteiger partial charge < -0.3 is 0 Å². The molecule has 0 aliphatic heterocycles.